The van der Waals surface area contributed by atoms with E-state index in [2.05, 4.69) is 16.7 Å². The number of carbonyl (C=O) groups is 1. The molecule has 0 atom stereocenters. The molecule has 0 bridgehead atoms. The Hall–Kier alpha value is -3.15. The number of hydrogen-bond donors (Lipinski definition) is 0. The maximum atomic E-state index is 12.7. The van der Waals surface area contributed by atoms with Crippen molar-refractivity contribution in [2.24, 2.45) is 7.05 Å². The van der Waals surface area contributed by atoms with Gasteiger partial charge in [-0.25, -0.2) is 9.67 Å². The van der Waals surface area contributed by atoms with E-state index in [-0.39, 0.29) is 12.5 Å². The molecule has 2 heterocycles. The summed E-state index contributed by atoms with van der Waals surface area (Å²) in [4.78, 5) is 18.9. The fourth-order valence-electron chi connectivity index (χ4n) is 3.09. The van der Waals surface area contributed by atoms with Gasteiger partial charge in [-0.1, -0.05) is 36.4 Å². The lowest BCUT2D eigenvalue weighted by atomic mass is 10.2. The lowest BCUT2D eigenvalue weighted by molar-refractivity contribution is -0.133. The van der Waals surface area contributed by atoms with Gasteiger partial charge in [0.15, 0.2) is 12.3 Å². The number of ether oxygens (including phenoxy) is 1. The molecule has 6 heteroatoms. The van der Waals surface area contributed by atoms with Crippen LogP contribution in [0.2, 0.25) is 0 Å². The van der Waals surface area contributed by atoms with Crippen LogP contribution in [-0.4, -0.2) is 38.7 Å². The number of carbonyl (C=O) groups excluding carboxylic acids is 1. The molecule has 0 aliphatic carbocycles. The number of benzene rings is 1. The Bertz CT molecular complexity index is 963. The van der Waals surface area contributed by atoms with Crippen LogP contribution in [0, 0.1) is 13.8 Å². The van der Waals surface area contributed by atoms with Gasteiger partial charge in [-0.15, -0.1) is 11.7 Å². The van der Waals surface area contributed by atoms with E-state index < -0.39 is 0 Å². The highest BCUT2D eigenvalue weighted by Crippen LogP contribution is 2.27. The van der Waals surface area contributed by atoms with E-state index in [1.807, 2.05) is 57.3 Å². The fourth-order valence-corrected chi connectivity index (χ4v) is 3.09. The monoisotopic (exact) mass is 364 g/mol. The van der Waals surface area contributed by atoms with Crippen molar-refractivity contribution in [2.75, 3.05) is 13.2 Å². The van der Waals surface area contributed by atoms with Crippen molar-refractivity contribution in [3.8, 4) is 5.88 Å². The fraction of sp³-hybridized carbons (Fsp3) is 0.286. The van der Waals surface area contributed by atoms with E-state index in [1.54, 1.807) is 15.7 Å². The summed E-state index contributed by atoms with van der Waals surface area (Å²) >= 11 is 0. The van der Waals surface area contributed by atoms with Crippen molar-refractivity contribution in [3.05, 3.63) is 65.9 Å². The van der Waals surface area contributed by atoms with Crippen LogP contribution in [-0.2, 0) is 18.4 Å². The van der Waals surface area contributed by atoms with Gasteiger partial charge in [-0.3, -0.25) is 4.79 Å². The van der Waals surface area contributed by atoms with E-state index in [1.165, 1.54) is 0 Å². The van der Waals surface area contributed by atoms with Crippen molar-refractivity contribution in [3.63, 3.8) is 0 Å². The van der Waals surface area contributed by atoms with Gasteiger partial charge in [0, 0.05) is 25.8 Å². The zero-order chi connectivity index (χ0) is 19.4. The topological polar surface area (TPSA) is 60.3 Å². The van der Waals surface area contributed by atoms with Crippen molar-refractivity contribution in [2.45, 2.75) is 20.4 Å². The van der Waals surface area contributed by atoms with Crippen LogP contribution in [0.1, 0.15) is 16.8 Å². The first-order chi connectivity index (χ1) is 13.0. The number of amides is 1. The van der Waals surface area contributed by atoms with Gasteiger partial charge < -0.3 is 9.64 Å². The smallest absolute Gasteiger partial charge is 0.261 e. The average molecular weight is 364 g/mol. The van der Waals surface area contributed by atoms with Gasteiger partial charge in [0.1, 0.15) is 0 Å². The third-order valence-corrected chi connectivity index (χ3v) is 4.34. The number of aromatic nitrogens is 3. The van der Waals surface area contributed by atoms with Crippen molar-refractivity contribution >= 4 is 16.9 Å². The molecular weight excluding hydrogens is 340 g/mol. The highest BCUT2D eigenvalue weighted by atomic mass is 16.5. The molecule has 27 heavy (non-hydrogen) atoms. The standard InChI is InChI=1S/C21H24N4O2/c1-5-11-25(13-17-9-7-6-8-10-17)18(26)14-27-21-19-15(2)12-16(3)22-20(19)24(4)23-21/h5-10,12H,1,11,13-14H2,2-4H3. The van der Waals surface area contributed by atoms with E-state index in [9.17, 15) is 4.79 Å². The van der Waals surface area contributed by atoms with Crippen LogP contribution in [0.5, 0.6) is 5.88 Å². The zero-order valence-corrected chi connectivity index (χ0v) is 16.0. The molecule has 0 radical (unpaired) electrons. The summed E-state index contributed by atoms with van der Waals surface area (Å²) in [7, 11) is 1.82. The van der Waals surface area contributed by atoms with E-state index >= 15 is 0 Å². The van der Waals surface area contributed by atoms with Crippen molar-refractivity contribution in [1.29, 1.82) is 0 Å². The molecule has 0 unspecified atom stereocenters. The second kappa shape index (κ2) is 8.03. The van der Waals surface area contributed by atoms with Gasteiger partial charge in [0.2, 0.25) is 5.88 Å². The Labute approximate surface area is 159 Å². The number of pyridine rings is 1. The Morgan fingerprint density at radius 3 is 2.74 bits per heavy atom. The quantitative estimate of drug-likeness (QED) is 0.604. The van der Waals surface area contributed by atoms with Gasteiger partial charge in [0.25, 0.3) is 5.91 Å². The van der Waals surface area contributed by atoms with Crippen molar-refractivity contribution in [1.82, 2.24) is 19.7 Å². The molecule has 0 aliphatic heterocycles. The first-order valence-electron chi connectivity index (χ1n) is 8.86. The summed E-state index contributed by atoms with van der Waals surface area (Å²) in [5, 5.41) is 5.24. The molecule has 140 valence electrons. The van der Waals surface area contributed by atoms with Crippen LogP contribution in [0.25, 0.3) is 11.0 Å². The van der Waals surface area contributed by atoms with Crippen LogP contribution < -0.4 is 4.74 Å². The molecule has 6 nitrogen and oxygen atoms in total. The van der Waals surface area contributed by atoms with Crippen LogP contribution in [0.3, 0.4) is 0 Å². The minimum absolute atomic E-state index is 0.0832. The summed E-state index contributed by atoms with van der Waals surface area (Å²) < 4.78 is 7.47. The predicted octanol–water partition coefficient (Wildman–Crippen LogP) is 3.18. The summed E-state index contributed by atoms with van der Waals surface area (Å²) in [6.07, 6.45) is 1.72. The first-order valence-corrected chi connectivity index (χ1v) is 8.86. The molecule has 0 saturated heterocycles. The highest BCUT2D eigenvalue weighted by Gasteiger charge is 2.18. The second-order valence-electron chi connectivity index (χ2n) is 6.55. The van der Waals surface area contributed by atoms with Crippen LogP contribution in [0.4, 0.5) is 0 Å². The summed E-state index contributed by atoms with van der Waals surface area (Å²) in [6.45, 7) is 8.57. The largest absolute Gasteiger partial charge is 0.466 e. The minimum atomic E-state index is -0.115. The summed E-state index contributed by atoms with van der Waals surface area (Å²) in [5.41, 5.74) is 3.76. The lowest BCUT2D eigenvalue weighted by Gasteiger charge is -2.21. The summed E-state index contributed by atoms with van der Waals surface area (Å²) in [6, 6.07) is 11.8. The lowest BCUT2D eigenvalue weighted by Crippen LogP contribution is -2.34. The van der Waals surface area contributed by atoms with Gasteiger partial charge in [0.05, 0.1) is 5.39 Å². The average Bonchev–Trinajstić information content (AvgIpc) is 2.96. The molecule has 3 aromatic rings. The maximum absolute atomic E-state index is 12.7. The van der Waals surface area contributed by atoms with Crippen LogP contribution >= 0.6 is 0 Å². The SMILES string of the molecule is C=CCN(Cc1ccccc1)C(=O)COc1nn(C)c2nc(C)cc(C)c12. The molecule has 2 aromatic heterocycles. The first kappa shape index (κ1) is 18.6. The highest BCUT2D eigenvalue weighted by molar-refractivity contribution is 5.85. The van der Waals surface area contributed by atoms with E-state index in [4.69, 9.17) is 4.74 Å². The third kappa shape index (κ3) is 4.16. The number of fused-ring (bicyclic) bond motifs is 1. The normalized spacial score (nSPS) is 10.8. The van der Waals surface area contributed by atoms with E-state index in [0.29, 0.717) is 19.0 Å². The Kier molecular flexibility index (Phi) is 5.54. The summed E-state index contributed by atoms with van der Waals surface area (Å²) in [5.74, 6) is 0.319. The molecule has 1 aromatic carbocycles. The molecule has 3 rings (SSSR count). The molecular formula is C21H24N4O2. The Balaban J connectivity index is 1.76. The molecule has 0 spiro atoms. The molecule has 1 amide bonds. The Morgan fingerprint density at radius 2 is 2.04 bits per heavy atom. The third-order valence-electron chi connectivity index (χ3n) is 4.34. The van der Waals surface area contributed by atoms with Gasteiger partial charge >= 0.3 is 0 Å². The van der Waals surface area contributed by atoms with E-state index in [0.717, 1.165) is 27.9 Å². The van der Waals surface area contributed by atoms with Crippen LogP contribution in [0.15, 0.2) is 49.1 Å². The van der Waals surface area contributed by atoms with Gasteiger partial charge in [-0.2, -0.15) is 0 Å². The molecule has 0 saturated carbocycles. The Morgan fingerprint density at radius 1 is 1.30 bits per heavy atom. The number of hydrogen-bond acceptors (Lipinski definition) is 4. The molecule has 0 N–H and O–H groups in total. The minimum Gasteiger partial charge on any atom is -0.466 e. The zero-order valence-electron chi connectivity index (χ0n) is 16.0. The van der Waals surface area contributed by atoms with Gasteiger partial charge in [-0.05, 0) is 31.0 Å². The number of rotatable bonds is 7. The molecule has 0 fully saturated rings. The number of aryl methyl sites for hydroxylation is 3. The van der Waals surface area contributed by atoms with Crippen molar-refractivity contribution < 1.29 is 9.53 Å². The maximum Gasteiger partial charge on any atom is 0.261 e. The molecule has 0 aliphatic rings. The number of nitrogens with zero attached hydrogens (tertiary/aromatic N) is 4. The second-order valence-corrected chi connectivity index (χ2v) is 6.55. The predicted molar refractivity (Wildman–Crippen MR) is 106 cm³/mol.